The quantitative estimate of drug-likeness (QED) is 0.447. The number of amides is 1. The van der Waals surface area contributed by atoms with Gasteiger partial charge in [-0.2, -0.15) is 0 Å². The Morgan fingerprint density at radius 2 is 2.11 bits per heavy atom. The molecule has 0 bridgehead atoms. The van der Waals surface area contributed by atoms with E-state index in [1.54, 1.807) is 24.5 Å². The SMILES string of the molecule is O=C(Cc1cccc(Cl)c1)NCCNc1ncnc2[nH]c3cnccc3c12. The molecule has 0 saturated heterocycles. The predicted molar refractivity (Wildman–Crippen MR) is 106 cm³/mol. The van der Waals surface area contributed by atoms with Crippen LogP contribution in [0.1, 0.15) is 5.56 Å². The molecule has 3 aromatic heterocycles. The number of hydrogen-bond acceptors (Lipinski definition) is 5. The van der Waals surface area contributed by atoms with Gasteiger partial charge in [0.15, 0.2) is 0 Å². The Balaban J connectivity index is 1.37. The molecule has 27 heavy (non-hydrogen) atoms. The minimum Gasteiger partial charge on any atom is -0.368 e. The van der Waals surface area contributed by atoms with Crippen molar-refractivity contribution in [3.63, 3.8) is 0 Å². The first-order valence-electron chi connectivity index (χ1n) is 8.52. The molecule has 0 radical (unpaired) electrons. The largest absolute Gasteiger partial charge is 0.368 e. The zero-order valence-electron chi connectivity index (χ0n) is 14.4. The summed E-state index contributed by atoms with van der Waals surface area (Å²) in [6, 6.07) is 9.23. The van der Waals surface area contributed by atoms with Crippen LogP contribution in [0.3, 0.4) is 0 Å². The van der Waals surface area contributed by atoms with Crippen LogP contribution in [0.15, 0.2) is 49.1 Å². The molecule has 136 valence electrons. The third-order valence-corrected chi connectivity index (χ3v) is 4.42. The van der Waals surface area contributed by atoms with Gasteiger partial charge in [-0.05, 0) is 23.8 Å². The second-order valence-corrected chi connectivity index (χ2v) is 6.51. The fourth-order valence-electron chi connectivity index (χ4n) is 2.99. The summed E-state index contributed by atoms with van der Waals surface area (Å²) >= 11 is 5.94. The monoisotopic (exact) mass is 380 g/mol. The Morgan fingerprint density at radius 3 is 3.00 bits per heavy atom. The Hall–Kier alpha value is -3.19. The molecule has 0 unspecified atom stereocenters. The number of hydrogen-bond donors (Lipinski definition) is 3. The number of nitrogens with one attached hydrogen (secondary N) is 3. The van der Waals surface area contributed by atoms with Crippen LogP contribution in [0.5, 0.6) is 0 Å². The molecule has 7 nitrogen and oxygen atoms in total. The number of anilines is 1. The van der Waals surface area contributed by atoms with E-state index >= 15 is 0 Å². The van der Waals surface area contributed by atoms with E-state index < -0.39 is 0 Å². The molecule has 0 spiro atoms. The van der Waals surface area contributed by atoms with Crippen molar-refractivity contribution in [2.75, 3.05) is 18.4 Å². The highest BCUT2D eigenvalue weighted by atomic mass is 35.5. The summed E-state index contributed by atoms with van der Waals surface area (Å²) in [7, 11) is 0. The van der Waals surface area contributed by atoms with Gasteiger partial charge in [0.1, 0.15) is 17.8 Å². The van der Waals surface area contributed by atoms with Gasteiger partial charge in [0.05, 0.1) is 23.5 Å². The molecule has 0 saturated carbocycles. The van der Waals surface area contributed by atoms with Crippen LogP contribution in [0, 0.1) is 0 Å². The number of aromatic nitrogens is 4. The average Bonchev–Trinajstić information content (AvgIpc) is 3.04. The lowest BCUT2D eigenvalue weighted by atomic mass is 10.1. The number of pyridine rings is 1. The maximum atomic E-state index is 12.1. The summed E-state index contributed by atoms with van der Waals surface area (Å²) in [4.78, 5) is 28.0. The van der Waals surface area contributed by atoms with E-state index in [2.05, 4.69) is 30.6 Å². The van der Waals surface area contributed by atoms with Crippen LogP contribution in [-0.2, 0) is 11.2 Å². The fraction of sp³-hybridized carbons (Fsp3) is 0.158. The van der Waals surface area contributed by atoms with E-state index in [4.69, 9.17) is 11.6 Å². The van der Waals surface area contributed by atoms with Crippen molar-refractivity contribution in [3.05, 3.63) is 59.6 Å². The Morgan fingerprint density at radius 1 is 1.19 bits per heavy atom. The van der Waals surface area contributed by atoms with Crippen LogP contribution < -0.4 is 10.6 Å². The molecule has 0 aliphatic rings. The van der Waals surface area contributed by atoms with Gasteiger partial charge in [-0.3, -0.25) is 9.78 Å². The zero-order valence-corrected chi connectivity index (χ0v) is 15.1. The van der Waals surface area contributed by atoms with Crippen LogP contribution in [0.2, 0.25) is 5.02 Å². The molecule has 1 amide bonds. The molecule has 4 aromatic rings. The molecule has 4 rings (SSSR count). The van der Waals surface area contributed by atoms with Crippen molar-refractivity contribution in [1.29, 1.82) is 0 Å². The highest BCUT2D eigenvalue weighted by Crippen LogP contribution is 2.27. The van der Waals surface area contributed by atoms with Crippen LogP contribution >= 0.6 is 11.6 Å². The van der Waals surface area contributed by atoms with Gasteiger partial charge in [0, 0.05) is 29.7 Å². The van der Waals surface area contributed by atoms with Gasteiger partial charge in [-0.25, -0.2) is 9.97 Å². The Bertz CT molecular complexity index is 1110. The minimum atomic E-state index is -0.0509. The average molecular weight is 381 g/mol. The van der Waals surface area contributed by atoms with Crippen LogP contribution in [0.25, 0.3) is 21.9 Å². The third kappa shape index (κ3) is 3.83. The number of carbonyl (C=O) groups excluding carboxylic acids is 1. The smallest absolute Gasteiger partial charge is 0.224 e. The molecular formula is C19H17ClN6O. The molecule has 0 fully saturated rings. The summed E-state index contributed by atoms with van der Waals surface area (Å²) in [5.74, 6) is 0.673. The summed E-state index contributed by atoms with van der Waals surface area (Å²) in [5, 5.41) is 8.71. The van der Waals surface area contributed by atoms with Crippen LogP contribution in [-0.4, -0.2) is 38.9 Å². The molecule has 8 heteroatoms. The normalized spacial score (nSPS) is 11.0. The van der Waals surface area contributed by atoms with Gasteiger partial charge >= 0.3 is 0 Å². The number of carbonyl (C=O) groups is 1. The number of H-pyrrole nitrogens is 1. The van der Waals surface area contributed by atoms with Gasteiger partial charge < -0.3 is 15.6 Å². The number of rotatable bonds is 6. The van der Waals surface area contributed by atoms with Crippen molar-refractivity contribution >= 4 is 45.3 Å². The number of nitrogens with zero attached hydrogens (tertiary/aromatic N) is 3. The lowest BCUT2D eigenvalue weighted by Crippen LogP contribution is -2.30. The summed E-state index contributed by atoms with van der Waals surface area (Å²) in [6.07, 6.45) is 5.30. The zero-order chi connectivity index (χ0) is 18.6. The molecule has 1 aromatic carbocycles. The maximum Gasteiger partial charge on any atom is 0.224 e. The van der Waals surface area contributed by atoms with E-state index in [9.17, 15) is 4.79 Å². The third-order valence-electron chi connectivity index (χ3n) is 4.18. The summed E-state index contributed by atoms with van der Waals surface area (Å²) in [6.45, 7) is 1.03. The number of halogens is 1. The second-order valence-electron chi connectivity index (χ2n) is 6.08. The highest BCUT2D eigenvalue weighted by Gasteiger charge is 2.10. The topological polar surface area (TPSA) is 95.6 Å². The van der Waals surface area contributed by atoms with Crippen molar-refractivity contribution < 1.29 is 4.79 Å². The first-order chi connectivity index (χ1) is 13.2. The van der Waals surface area contributed by atoms with E-state index in [1.807, 2.05) is 18.2 Å². The molecule has 0 aliphatic carbocycles. The van der Waals surface area contributed by atoms with Gasteiger partial charge in [0.2, 0.25) is 5.91 Å². The molecule has 3 N–H and O–H groups in total. The first-order valence-corrected chi connectivity index (χ1v) is 8.90. The molecular weight excluding hydrogens is 364 g/mol. The second kappa shape index (κ2) is 7.59. The van der Waals surface area contributed by atoms with E-state index in [0.717, 1.165) is 33.3 Å². The predicted octanol–water partition coefficient (Wildman–Crippen LogP) is 2.93. The van der Waals surface area contributed by atoms with Crippen molar-refractivity contribution in [1.82, 2.24) is 25.3 Å². The Labute approximate surface area is 160 Å². The van der Waals surface area contributed by atoms with E-state index in [0.29, 0.717) is 24.5 Å². The lowest BCUT2D eigenvalue weighted by Gasteiger charge is -2.08. The molecule has 0 atom stereocenters. The minimum absolute atomic E-state index is 0.0509. The number of benzene rings is 1. The number of fused-ring (bicyclic) bond motifs is 3. The first kappa shape index (κ1) is 17.2. The number of aromatic amines is 1. The van der Waals surface area contributed by atoms with Crippen LogP contribution in [0.4, 0.5) is 5.82 Å². The van der Waals surface area contributed by atoms with Gasteiger partial charge in [-0.1, -0.05) is 23.7 Å². The molecule has 3 heterocycles. The Kier molecular flexibility index (Phi) is 4.84. The van der Waals surface area contributed by atoms with E-state index in [-0.39, 0.29) is 5.91 Å². The summed E-state index contributed by atoms with van der Waals surface area (Å²) < 4.78 is 0. The maximum absolute atomic E-state index is 12.1. The molecule has 0 aliphatic heterocycles. The van der Waals surface area contributed by atoms with Gasteiger partial charge in [-0.15, -0.1) is 0 Å². The van der Waals surface area contributed by atoms with Crippen molar-refractivity contribution in [2.24, 2.45) is 0 Å². The summed E-state index contributed by atoms with van der Waals surface area (Å²) in [5.41, 5.74) is 2.55. The van der Waals surface area contributed by atoms with Crippen molar-refractivity contribution in [3.8, 4) is 0 Å². The highest BCUT2D eigenvalue weighted by molar-refractivity contribution is 6.30. The van der Waals surface area contributed by atoms with Gasteiger partial charge in [0.25, 0.3) is 0 Å². The van der Waals surface area contributed by atoms with Crippen molar-refractivity contribution in [2.45, 2.75) is 6.42 Å². The standard InChI is InChI=1S/C19H17ClN6O/c20-13-3-1-2-12(8-13)9-16(27)22-6-7-23-18-17-14-4-5-21-10-15(14)26-19(17)25-11-24-18/h1-5,8,10-11H,6-7,9H2,(H,22,27)(H2,23,24,25,26). The lowest BCUT2D eigenvalue weighted by molar-refractivity contribution is -0.120. The van der Waals surface area contributed by atoms with E-state index in [1.165, 1.54) is 6.33 Å². The fourth-order valence-corrected chi connectivity index (χ4v) is 3.20.